The molecule has 0 bridgehead atoms. The number of rotatable bonds is 9. The number of sulfone groups is 1. The van der Waals surface area contributed by atoms with E-state index in [1.807, 2.05) is 0 Å². The van der Waals surface area contributed by atoms with Crippen LogP contribution in [-0.2, 0) is 20.8 Å². The molecule has 13 heteroatoms. The van der Waals surface area contributed by atoms with Crippen LogP contribution in [0.4, 0.5) is 23.2 Å². The molecule has 0 aromatic heterocycles. The maximum absolute atomic E-state index is 14.8. The summed E-state index contributed by atoms with van der Waals surface area (Å²) in [6, 6.07) is 4.00. The highest BCUT2D eigenvalue weighted by Crippen LogP contribution is 2.43. The van der Waals surface area contributed by atoms with Gasteiger partial charge in [0.05, 0.1) is 28.7 Å². The number of likely N-dealkylation sites (tertiary alicyclic amines) is 1. The molecular weight excluding hydrogens is 554 g/mol. The highest BCUT2D eigenvalue weighted by atomic mass is 32.2. The monoisotopic (exact) mass is 585 g/mol. The lowest BCUT2D eigenvalue weighted by molar-refractivity contribution is -0.137. The zero-order valence-electron chi connectivity index (χ0n) is 22.0. The Morgan fingerprint density at radius 1 is 1.10 bits per heavy atom. The van der Waals surface area contributed by atoms with Gasteiger partial charge in [0.2, 0.25) is 5.91 Å². The van der Waals surface area contributed by atoms with Crippen molar-refractivity contribution in [3.8, 4) is 0 Å². The summed E-state index contributed by atoms with van der Waals surface area (Å²) in [5, 5.41) is 14.9. The zero-order valence-corrected chi connectivity index (χ0v) is 22.8. The molecule has 2 aromatic carbocycles. The highest BCUT2D eigenvalue weighted by molar-refractivity contribution is 7.90. The first-order chi connectivity index (χ1) is 18.7. The standard InChI is InChI=1S/C27H31F4N3O5S/c1-15-3-10-23(34(15)26(37)20-14-18(40(2,38)39)7-9-22(20)32-11-12-35)25(36)33-24(16-4-5-16)19-8-6-17(13-21(19)28)27(29,30)31/h6-9,13-16,23-24,32,35H,3-5,10-12H2,1-2H3,(H,33,36)/t15-,23+,24+/m0/s1. The van der Waals surface area contributed by atoms with Crippen LogP contribution in [0.2, 0.25) is 0 Å². The van der Waals surface area contributed by atoms with Gasteiger partial charge in [-0.2, -0.15) is 13.2 Å². The number of hydrogen-bond acceptors (Lipinski definition) is 6. The van der Waals surface area contributed by atoms with E-state index in [0.717, 1.165) is 18.4 Å². The first kappa shape index (κ1) is 29.8. The number of alkyl halides is 3. The SMILES string of the molecule is C[C@H]1CC[C@H](C(=O)N[C@@H](c2ccc(C(F)(F)F)cc2F)C2CC2)N1C(=O)c1cc(S(C)(=O)=O)ccc1NCCO. The van der Waals surface area contributed by atoms with Gasteiger partial charge in [-0.15, -0.1) is 0 Å². The van der Waals surface area contributed by atoms with Gasteiger partial charge in [0, 0.05) is 30.1 Å². The van der Waals surface area contributed by atoms with E-state index in [9.17, 15) is 40.7 Å². The number of benzene rings is 2. The molecule has 0 unspecified atom stereocenters. The number of nitrogens with zero attached hydrogens (tertiary/aromatic N) is 1. The van der Waals surface area contributed by atoms with E-state index in [1.54, 1.807) is 6.92 Å². The average molecular weight is 586 g/mol. The second-order valence-electron chi connectivity index (χ2n) is 10.3. The van der Waals surface area contributed by atoms with Crippen molar-refractivity contribution in [2.45, 2.75) is 61.8 Å². The van der Waals surface area contributed by atoms with Crippen molar-refractivity contribution in [2.24, 2.45) is 5.92 Å². The van der Waals surface area contributed by atoms with Crippen molar-refractivity contribution in [3.63, 3.8) is 0 Å². The van der Waals surface area contributed by atoms with Crippen molar-refractivity contribution in [1.82, 2.24) is 10.2 Å². The number of anilines is 1. The molecule has 0 radical (unpaired) electrons. The highest BCUT2D eigenvalue weighted by Gasteiger charge is 2.43. The fraction of sp³-hybridized carbons (Fsp3) is 0.481. The first-order valence-corrected chi connectivity index (χ1v) is 14.8. The van der Waals surface area contributed by atoms with Gasteiger partial charge in [-0.25, -0.2) is 12.8 Å². The van der Waals surface area contributed by atoms with Gasteiger partial charge in [-0.1, -0.05) is 6.07 Å². The Morgan fingerprint density at radius 3 is 2.38 bits per heavy atom. The molecule has 1 saturated carbocycles. The van der Waals surface area contributed by atoms with Crippen molar-refractivity contribution < 1.29 is 40.7 Å². The molecule has 3 N–H and O–H groups in total. The molecular formula is C27H31F4N3O5S. The molecule has 218 valence electrons. The smallest absolute Gasteiger partial charge is 0.395 e. The zero-order chi connectivity index (χ0) is 29.4. The molecule has 1 heterocycles. The van der Waals surface area contributed by atoms with Gasteiger partial charge in [0.15, 0.2) is 9.84 Å². The number of amides is 2. The van der Waals surface area contributed by atoms with Crippen molar-refractivity contribution in [1.29, 1.82) is 0 Å². The van der Waals surface area contributed by atoms with Crippen LogP contribution < -0.4 is 10.6 Å². The minimum atomic E-state index is -4.71. The Morgan fingerprint density at radius 2 is 1.80 bits per heavy atom. The number of aliphatic hydroxyl groups excluding tert-OH is 1. The molecule has 1 aliphatic heterocycles. The van der Waals surface area contributed by atoms with Crippen LogP contribution in [0.15, 0.2) is 41.3 Å². The van der Waals surface area contributed by atoms with E-state index >= 15 is 0 Å². The molecule has 1 aliphatic carbocycles. The van der Waals surface area contributed by atoms with E-state index in [-0.39, 0.29) is 47.2 Å². The number of aliphatic hydroxyl groups is 1. The van der Waals surface area contributed by atoms with Gasteiger partial charge >= 0.3 is 6.18 Å². The number of halogens is 4. The summed E-state index contributed by atoms with van der Waals surface area (Å²) >= 11 is 0. The Hall–Kier alpha value is -3.19. The summed E-state index contributed by atoms with van der Waals surface area (Å²) in [6.07, 6.45) is -1.63. The van der Waals surface area contributed by atoms with Crippen LogP contribution in [0.3, 0.4) is 0 Å². The normalized spacial score (nSPS) is 20.3. The number of carbonyl (C=O) groups excluding carboxylic acids is 2. The second-order valence-corrected chi connectivity index (χ2v) is 12.4. The summed E-state index contributed by atoms with van der Waals surface area (Å²) in [5.41, 5.74) is -0.884. The molecule has 1 saturated heterocycles. The number of carbonyl (C=O) groups is 2. The van der Waals surface area contributed by atoms with E-state index in [2.05, 4.69) is 10.6 Å². The molecule has 2 aromatic rings. The summed E-state index contributed by atoms with van der Waals surface area (Å²) < 4.78 is 78.3. The van der Waals surface area contributed by atoms with E-state index in [0.29, 0.717) is 25.3 Å². The van der Waals surface area contributed by atoms with Gasteiger partial charge in [0.25, 0.3) is 5.91 Å². The third kappa shape index (κ3) is 6.41. The molecule has 4 rings (SSSR count). The largest absolute Gasteiger partial charge is 0.416 e. The van der Waals surface area contributed by atoms with Crippen molar-refractivity contribution in [2.75, 3.05) is 24.7 Å². The summed E-state index contributed by atoms with van der Waals surface area (Å²) in [4.78, 5) is 28.6. The van der Waals surface area contributed by atoms with E-state index < -0.39 is 57.3 Å². The van der Waals surface area contributed by atoms with Gasteiger partial charge < -0.3 is 20.6 Å². The maximum atomic E-state index is 14.8. The fourth-order valence-corrected chi connectivity index (χ4v) is 5.73. The van der Waals surface area contributed by atoms with Crippen LogP contribution in [0.5, 0.6) is 0 Å². The van der Waals surface area contributed by atoms with E-state index in [4.69, 9.17) is 0 Å². The Labute approximate surface area is 229 Å². The first-order valence-electron chi connectivity index (χ1n) is 12.9. The lowest BCUT2D eigenvalue weighted by Gasteiger charge is -2.30. The van der Waals surface area contributed by atoms with Crippen LogP contribution in [0, 0.1) is 11.7 Å². The molecule has 40 heavy (non-hydrogen) atoms. The minimum Gasteiger partial charge on any atom is -0.395 e. The lowest BCUT2D eigenvalue weighted by Crippen LogP contribution is -2.49. The summed E-state index contributed by atoms with van der Waals surface area (Å²) in [5.74, 6) is -2.39. The van der Waals surface area contributed by atoms with Gasteiger partial charge in [0.1, 0.15) is 11.9 Å². The van der Waals surface area contributed by atoms with Gasteiger partial charge in [-0.3, -0.25) is 9.59 Å². The Balaban J connectivity index is 1.62. The third-order valence-corrected chi connectivity index (χ3v) is 8.45. The predicted molar refractivity (Wildman–Crippen MR) is 139 cm³/mol. The van der Waals surface area contributed by atoms with Crippen LogP contribution in [-0.4, -0.2) is 61.7 Å². The summed E-state index contributed by atoms with van der Waals surface area (Å²) in [6.45, 7) is 1.61. The van der Waals surface area contributed by atoms with E-state index in [1.165, 1.54) is 23.1 Å². The Kier molecular flexibility index (Phi) is 8.46. The quantitative estimate of drug-likeness (QED) is 0.385. The lowest BCUT2D eigenvalue weighted by atomic mass is 9.99. The average Bonchev–Trinajstić information content (AvgIpc) is 3.65. The van der Waals surface area contributed by atoms with Crippen molar-refractivity contribution in [3.05, 3.63) is 58.9 Å². The van der Waals surface area contributed by atoms with Crippen molar-refractivity contribution >= 4 is 27.3 Å². The third-order valence-electron chi connectivity index (χ3n) is 7.34. The fourth-order valence-electron chi connectivity index (χ4n) is 5.08. The van der Waals surface area contributed by atoms with Gasteiger partial charge in [-0.05, 0) is 68.9 Å². The molecule has 3 atom stereocenters. The molecule has 2 fully saturated rings. The molecule has 8 nitrogen and oxygen atoms in total. The topological polar surface area (TPSA) is 116 Å². The Bertz CT molecular complexity index is 1400. The van der Waals surface area contributed by atoms with Crippen LogP contribution in [0.1, 0.15) is 60.1 Å². The van der Waals surface area contributed by atoms with Crippen LogP contribution in [0.25, 0.3) is 0 Å². The molecule has 2 amide bonds. The summed E-state index contributed by atoms with van der Waals surface area (Å²) in [7, 11) is -3.66. The minimum absolute atomic E-state index is 0.00968. The predicted octanol–water partition coefficient (Wildman–Crippen LogP) is 3.91. The molecule has 2 aliphatic rings. The maximum Gasteiger partial charge on any atom is 0.416 e. The van der Waals surface area contributed by atoms with Crippen LogP contribution >= 0.6 is 0 Å². The number of hydrogen-bond donors (Lipinski definition) is 3. The second kappa shape index (κ2) is 11.4. The molecule has 0 spiro atoms. The number of nitrogens with one attached hydrogen (secondary N) is 2.